The van der Waals surface area contributed by atoms with Crippen molar-refractivity contribution < 1.29 is 4.79 Å². The Balaban J connectivity index is 1.92. The van der Waals surface area contributed by atoms with Gasteiger partial charge >= 0.3 is 0 Å². The third-order valence-electron chi connectivity index (χ3n) is 4.64. The summed E-state index contributed by atoms with van der Waals surface area (Å²) >= 11 is 0. The van der Waals surface area contributed by atoms with Gasteiger partial charge in [0.05, 0.1) is 17.0 Å². The van der Waals surface area contributed by atoms with Crippen LogP contribution in [0.1, 0.15) is 35.8 Å². The Morgan fingerprint density at radius 2 is 2.24 bits per heavy atom. The molecule has 2 aromatic heterocycles. The number of hydrogen-bond acceptors (Lipinski definition) is 4. The minimum Gasteiger partial charge on any atom is -0.368 e. The molecule has 1 unspecified atom stereocenters. The van der Waals surface area contributed by atoms with Crippen molar-refractivity contribution in [3.63, 3.8) is 0 Å². The number of fused-ring (bicyclic) bond motifs is 1. The molecule has 3 N–H and O–H groups in total. The molecule has 1 atom stereocenters. The van der Waals surface area contributed by atoms with Crippen LogP contribution in [0.4, 0.5) is 5.95 Å². The Morgan fingerprint density at radius 3 is 2.88 bits per heavy atom. The predicted molar refractivity (Wildman–Crippen MR) is 97.0 cm³/mol. The summed E-state index contributed by atoms with van der Waals surface area (Å²) in [6.45, 7) is 5.78. The lowest BCUT2D eigenvalue weighted by atomic mass is 9.86. The van der Waals surface area contributed by atoms with Gasteiger partial charge in [-0.3, -0.25) is 4.79 Å². The first-order valence-electron chi connectivity index (χ1n) is 8.53. The third kappa shape index (κ3) is 2.63. The van der Waals surface area contributed by atoms with Crippen LogP contribution in [0, 0.1) is 5.92 Å². The van der Waals surface area contributed by atoms with Gasteiger partial charge in [0.25, 0.3) is 5.91 Å². The second-order valence-corrected chi connectivity index (χ2v) is 6.92. The van der Waals surface area contributed by atoms with Crippen LogP contribution < -0.4 is 11.1 Å². The molecule has 6 heteroatoms. The molecule has 0 saturated carbocycles. The molecular formula is C19H21N5O. The number of carbonyl (C=O) groups is 1. The Morgan fingerprint density at radius 1 is 1.44 bits per heavy atom. The monoisotopic (exact) mass is 335 g/mol. The fourth-order valence-electron chi connectivity index (χ4n) is 3.51. The molecule has 128 valence electrons. The summed E-state index contributed by atoms with van der Waals surface area (Å²) in [5.74, 6) is 0.815. The van der Waals surface area contributed by atoms with Crippen LogP contribution in [0.2, 0.25) is 0 Å². The fourth-order valence-corrected chi connectivity index (χ4v) is 3.51. The van der Waals surface area contributed by atoms with Crippen molar-refractivity contribution in [1.82, 2.24) is 19.9 Å². The highest BCUT2D eigenvalue weighted by Gasteiger charge is 2.33. The maximum Gasteiger partial charge on any atom is 0.253 e. The lowest BCUT2D eigenvalue weighted by Gasteiger charge is -2.29. The molecule has 0 saturated heterocycles. The van der Waals surface area contributed by atoms with Gasteiger partial charge in [0, 0.05) is 30.9 Å². The highest BCUT2D eigenvalue weighted by Crippen LogP contribution is 2.38. The number of nitrogens with zero attached hydrogens (tertiary/aromatic N) is 3. The molecular weight excluding hydrogens is 314 g/mol. The van der Waals surface area contributed by atoms with Crippen molar-refractivity contribution in [1.29, 1.82) is 0 Å². The van der Waals surface area contributed by atoms with Crippen molar-refractivity contribution in [2.45, 2.75) is 26.3 Å². The van der Waals surface area contributed by atoms with Crippen LogP contribution in [0.3, 0.4) is 0 Å². The average Bonchev–Trinajstić information content (AvgIpc) is 2.88. The normalized spacial score (nSPS) is 18.6. The molecule has 1 aliphatic carbocycles. The topological polar surface area (TPSA) is 85.8 Å². The van der Waals surface area contributed by atoms with Crippen LogP contribution in [0.15, 0.2) is 42.1 Å². The van der Waals surface area contributed by atoms with E-state index in [2.05, 4.69) is 45.9 Å². The van der Waals surface area contributed by atoms with E-state index in [1.54, 1.807) is 6.20 Å². The van der Waals surface area contributed by atoms with Crippen molar-refractivity contribution >= 4 is 11.9 Å². The highest BCUT2D eigenvalue weighted by atomic mass is 16.1. The van der Waals surface area contributed by atoms with E-state index in [9.17, 15) is 4.79 Å². The average molecular weight is 335 g/mol. The van der Waals surface area contributed by atoms with Crippen LogP contribution in [-0.4, -0.2) is 27.0 Å². The fraction of sp³-hybridized carbons (Fsp3) is 0.316. The Labute approximate surface area is 146 Å². The number of aromatic nitrogens is 3. The lowest BCUT2D eigenvalue weighted by molar-refractivity contribution is 0.0941. The van der Waals surface area contributed by atoms with E-state index in [0.29, 0.717) is 12.5 Å². The zero-order valence-corrected chi connectivity index (χ0v) is 14.4. The summed E-state index contributed by atoms with van der Waals surface area (Å²) in [7, 11) is 0. The summed E-state index contributed by atoms with van der Waals surface area (Å²) in [6, 6.07) is 3.77. The third-order valence-corrected chi connectivity index (χ3v) is 4.64. The smallest absolute Gasteiger partial charge is 0.253 e. The number of nitrogens with one attached hydrogen (secondary N) is 1. The molecule has 0 aromatic carbocycles. The summed E-state index contributed by atoms with van der Waals surface area (Å²) < 4.78 is 2.23. The van der Waals surface area contributed by atoms with E-state index in [1.807, 2.05) is 18.2 Å². The number of amides is 1. The van der Waals surface area contributed by atoms with Gasteiger partial charge in [-0.05, 0) is 23.6 Å². The Hall–Kier alpha value is -2.89. The minimum atomic E-state index is -0.0269. The number of allylic oxidation sites excluding steroid dienone is 3. The number of carbonyl (C=O) groups excluding carboxylic acids is 1. The molecule has 1 amide bonds. The number of hydrogen-bond donors (Lipinski definition) is 2. The summed E-state index contributed by atoms with van der Waals surface area (Å²) in [5.41, 5.74) is 10.5. The van der Waals surface area contributed by atoms with E-state index in [1.165, 1.54) is 5.57 Å². The van der Waals surface area contributed by atoms with Gasteiger partial charge < -0.3 is 15.6 Å². The molecule has 0 bridgehead atoms. The van der Waals surface area contributed by atoms with Crippen molar-refractivity contribution in [3.8, 4) is 11.4 Å². The molecule has 0 spiro atoms. The first-order chi connectivity index (χ1) is 12.0. The van der Waals surface area contributed by atoms with Gasteiger partial charge in [0.1, 0.15) is 0 Å². The second kappa shape index (κ2) is 5.88. The molecule has 6 nitrogen and oxygen atoms in total. The van der Waals surface area contributed by atoms with Crippen molar-refractivity contribution in [2.24, 2.45) is 5.92 Å². The number of nitrogen functional groups attached to an aromatic ring is 1. The Kier molecular flexibility index (Phi) is 3.67. The number of rotatable bonds is 4. The van der Waals surface area contributed by atoms with Crippen molar-refractivity contribution in [2.75, 3.05) is 12.3 Å². The first kappa shape index (κ1) is 15.6. The molecule has 1 aliphatic heterocycles. The molecule has 4 rings (SSSR count). The van der Waals surface area contributed by atoms with Gasteiger partial charge in [0.2, 0.25) is 5.95 Å². The summed E-state index contributed by atoms with van der Waals surface area (Å²) in [5, 5.41) is 3.01. The molecule has 3 heterocycles. The lowest BCUT2D eigenvalue weighted by Crippen LogP contribution is -2.36. The van der Waals surface area contributed by atoms with Crippen LogP contribution in [0.5, 0.6) is 0 Å². The van der Waals surface area contributed by atoms with Crippen molar-refractivity contribution in [3.05, 3.63) is 53.4 Å². The maximum absolute atomic E-state index is 12.5. The predicted octanol–water partition coefficient (Wildman–Crippen LogP) is 2.51. The zero-order chi connectivity index (χ0) is 17.6. The Bertz CT molecular complexity index is 907. The minimum absolute atomic E-state index is 0.0269. The summed E-state index contributed by atoms with van der Waals surface area (Å²) in [4.78, 5) is 20.8. The van der Waals surface area contributed by atoms with E-state index in [0.717, 1.165) is 29.2 Å². The van der Waals surface area contributed by atoms with Crippen LogP contribution >= 0.6 is 0 Å². The van der Waals surface area contributed by atoms with E-state index >= 15 is 0 Å². The standard InChI is InChI=1S/C19H21N5O/c1-11(2)10-24-16(15-6-7-21-19(20)23-15)8-13-17(24)14(9-22-18(13)25)12-4-3-5-12/h3-8,11,14H,9-10H2,1-2H3,(H,22,25)(H2,20,21,23). The van der Waals surface area contributed by atoms with Gasteiger partial charge in [-0.2, -0.15) is 0 Å². The summed E-state index contributed by atoms with van der Waals surface area (Å²) in [6.07, 6.45) is 7.91. The second-order valence-electron chi connectivity index (χ2n) is 6.92. The van der Waals surface area contributed by atoms with Gasteiger partial charge in [-0.15, -0.1) is 0 Å². The molecule has 2 aromatic rings. The van der Waals surface area contributed by atoms with Crippen LogP contribution in [0.25, 0.3) is 11.4 Å². The first-order valence-corrected chi connectivity index (χ1v) is 8.53. The zero-order valence-electron chi connectivity index (χ0n) is 14.4. The highest BCUT2D eigenvalue weighted by molar-refractivity contribution is 5.98. The number of nitrogens with two attached hydrogens (primary N) is 1. The van der Waals surface area contributed by atoms with Gasteiger partial charge in [-0.1, -0.05) is 32.1 Å². The van der Waals surface area contributed by atoms with E-state index in [4.69, 9.17) is 5.73 Å². The van der Waals surface area contributed by atoms with Gasteiger partial charge in [0.15, 0.2) is 0 Å². The van der Waals surface area contributed by atoms with Gasteiger partial charge in [-0.25, -0.2) is 9.97 Å². The van der Waals surface area contributed by atoms with E-state index < -0.39 is 0 Å². The number of anilines is 1. The van der Waals surface area contributed by atoms with E-state index in [-0.39, 0.29) is 17.8 Å². The molecule has 0 fully saturated rings. The van der Waals surface area contributed by atoms with Crippen LogP contribution in [-0.2, 0) is 6.54 Å². The maximum atomic E-state index is 12.5. The molecule has 25 heavy (non-hydrogen) atoms. The quantitative estimate of drug-likeness (QED) is 0.899. The SMILES string of the molecule is CC(C)Cn1c(-c2ccnc(N)n2)cc2c1C(C1=CC=C1)CNC2=O. The molecule has 2 aliphatic rings. The largest absolute Gasteiger partial charge is 0.368 e. The molecule has 0 radical (unpaired) electrons.